The lowest BCUT2D eigenvalue weighted by atomic mass is 9.77. The van der Waals surface area contributed by atoms with E-state index in [2.05, 4.69) is 26.7 Å². The van der Waals surface area contributed by atoms with E-state index in [-0.39, 0.29) is 5.41 Å². The second-order valence-corrected chi connectivity index (χ2v) is 6.78. The van der Waals surface area contributed by atoms with Crippen molar-refractivity contribution in [1.29, 1.82) is 0 Å². The van der Waals surface area contributed by atoms with E-state index in [0.717, 1.165) is 76.7 Å². The molecule has 0 spiro atoms. The molecule has 23 heavy (non-hydrogen) atoms. The second kappa shape index (κ2) is 7.55. The summed E-state index contributed by atoms with van der Waals surface area (Å²) in [4.78, 5) is 13.7. The fourth-order valence-electron chi connectivity index (χ4n) is 3.42. The molecule has 2 aliphatic heterocycles. The molecule has 3 rings (SSSR count). The van der Waals surface area contributed by atoms with Gasteiger partial charge in [0.2, 0.25) is 5.95 Å². The van der Waals surface area contributed by atoms with Gasteiger partial charge in [-0.15, -0.1) is 0 Å². The SMILES string of the molecule is CCC1(CO)CCN(Cc2cnc(N3CCOCC3)nc2)CC1. The zero-order valence-electron chi connectivity index (χ0n) is 14.1. The van der Waals surface area contributed by atoms with Crippen LogP contribution in [0.1, 0.15) is 31.7 Å². The Labute approximate surface area is 138 Å². The molecular formula is C17H28N4O2. The molecular weight excluding hydrogens is 292 g/mol. The molecule has 1 N–H and O–H groups in total. The van der Waals surface area contributed by atoms with Gasteiger partial charge in [0.1, 0.15) is 0 Å². The summed E-state index contributed by atoms with van der Waals surface area (Å²) < 4.78 is 5.36. The van der Waals surface area contributed by atoms with Crippen LogP contribution in [0.15, 0.2) is 12.4 Å². The number of ether oxygens (including phenoxy) is 1. The fraction of sp³-hybridized carbons (Fsp3) is 0.765. The van der Waals surface area contributed by atoms with E-state index < -0.39 is 0 Å². The number of hydrogen-bond donors (Lipinski definition) is 1. The van der Waals surface area contributed by atoms with Crippen LogP contribution in [0.2, 0.25) is 0 Å². The molecule has 0 radical (unpaired) electrons. The average molecular weight is 320 g/mol. The van der Waals surface area contributed by atoms with E-state index in [9.17, 15) is 5.11 Å². The average Bonchev–Trinajstić information content (AvgIpc) is 2.64. The summed E-state index contributed by atoms with van der Waals surface area (Å²) in [6.07, 6.45) is 7.12. The van der Waals surface area contributed by atoms with Crippen molar-refractivity contribution < 1.29 is 9.84 Å². The van der Waals surface area contributed by atoms with Gasteiger partial charge in [-0.1, -0.05) is 6.92 Å². The summed E-state index contributed by atoms with van der Waals surface area (Å²) in [5.41, 5.74) is 1.31. The van der Waals surface area contributed by atoms with Crippen molar-refractivity contribution in [3.05, 3.63) is 18.0 Å². The highest BCUT2D eigenvalue weighted by Gasteiger charge is 2.32. The Morgan fingerprint density at radius 2 is 1.78 bits per heavy atom. The van der Waals surface area contributed by atoms with Gasteiger partial charge in [-0.2, -0.15) is 0 Å². The molecule has 0 unspecified atom stereocenters. The summed E-state index contributed by atoms with van der Waals surface area (Å²) in [7, 11) is 0. The van der Waals surface area contributed by atoms with Crippen LogP contribution >= 0.6 is 0 Å². The van der Waals surface area contributed by atoms with Crippen molar-refractivity contribution in [2.24, 2.45) is 5.41 Å². The van der Waals surface area contributed by atoms with Crippen LogP contribution < -0.4 is 4.90 Å². The topological polar surface area (TPSA) is 61.7 Å². The van der Waals surface area contributed by atoms with Gasteiger partial charge >= 0.3 is 0 Å². The summed E-state index contributed by atoms with van der Waals surface area (Å²) in [6, 6.07) is 0. The molecule has 128 valence electrons. The number of aliphatic hydroxyl groups is 1. The lowest BCUT2D eigenvalue weighted by molar-refractivity contribution is 0.0382. The zero-order valence-corrected chi connectivity index (χ0v) is 14.1. The number of aromatic nitrogens is 2. The number of anilines is 1. The Hall–Kier alpha value is -1.24. The smallest absolute Gasteiger partial charge is 0.225 e. The molecule has 0 bridgehead atoms. The number of likely N-dealkylation sites (tertiary alicyclic amines) is 1. The molecule has 2 saturated heterocycles. The number of rotatable bonds is 5. The first-order valence-corrected chi connectivity index (χ1v) is 8.71. The van der Waals surface area contributed by atoms with Crippen LogP contribution in [0.5, 0.6) is 0 Å². The normalized spacial score (nSPS) is 22.3. The first kappa shape index (κ1) is 16.6. The molecule has 0 aromatic carbocycles. The van der Waals surface area contributed by atoms with E-state index in [1.807, 2.05) is 12.4 Å². The minimum Gasteiger partial charge on any atom is -0.396 e. The summed E-state index contributed by atoms with van der Waals surface area (Å²) in [5.74, 6) is 0.806. The van der Waals surface area contributed by atoms with Crippen LogP contribution in [0, 0.1) is 5.41 Å². The number of hydrogen-bond acceptors (Lipinski definition) is 6. The van der Waals surface area contributed by atoms with E-state index in [1.54, 1.807) is 0 Å². The molecule has 0 atom stereocenters. The Balaban J connectivity index is 1.53. The van der Waals surface area contributed by atoms with Crippen molar-refractivity contribution in [1.82, 2.24) is 14.9 Å². The van der Waals surface area contributed by atoms with Gasteiger partial charge in [0.15, 0.2) is 0 Å². The van der Waals surface area contributed by atoms with Crippen molar-refractivity contribution in [2.75, 3.05) is 50.9 Å². The van der Waals surface area contributed by atoms with Gasteiger partial charge in [0.05, 0.1) is 13.2 Å². The van der Waals surface area contributed by atoms with Crippen molar-refractivity contribution >= 4 is 5.95 Å². The largest absolute Gasteiger partial charge is 0.396 e. The van der Waals surface area contributed by atoms with Crippen LogP contribution in [0.4, 0.5) is 5.95 Å². The number of nitrogens with zero attached hydrogens (tertiary/aromatic N) is 4. The molecule has 2 fully saturated rings. The Morgan fingerprint density at radius 3 is 2.35 bits per heavy atom. The zero-order chi connectivity index (χ0) is 16.1. The first-order chi connectivity index (χ1) is 11.2. The number of morpholine rings is 1. The lowest BCUT2D eigenvalue weighted by Crippen LogP contribution is -2.41. The van der Waals surface area contributed by atoms with E-state index in [4.69, 9.17) is 4.74 Å². The third-order valence-corrected chi connectivity index (χ3v) is 5.39. The standard InChI is InChI=1S/C17H28N4O2/c1-2-17(14-22)3-5-20(6-4-17)13-15-11-18-16(19-12-15)21-7-9-23-10-8-21/h11-12,22H,2-10,13-14H2,1H3. The number of aliphatic hydroxyl groups excluding tert-OH is 1. The third kappa shape index (κ3) is 4.00. The second-order valence-electron chi connectivity index (χ2n) is 6.78. The van der Waals surface area contributed by atoms with E-state index in [1.165, 1.54) is 0 Å². The van der Waals surface area contributed by atoms with E-state index >= 15 is 0 Å². The molecule has 0 aliphatic carbocycles. The van der Waals surface area contributed by atoms with Crippen molar-refractivity contribution in [3.63, 3.8) is 0 Å². The van der Waals surface area contributed by atoms with Gasteiger partial charge in [-0.25, -0.2) is 9.97 Å². The maximum atomic E-state index is 9.62. The molecule has 1 aromatic heterocycles. The highest BCUT2D eigenvalue weighted by atomic mass is 16.5. The Bertz CT molecular complexity index is 474. The molecule has 3 heterocycles. The van der Waals surface area contributed by atoms with Crippen LogP contribution in [-0.2, 0) is 11.3 Å². The molecule has 0 amide bonds. The molecule has 6 heteroatoms. The maximum Gasteiger partial charge on any atom is 0.225 e. The molecule has 6 nitrogen and oxygen atoms in total. The predicted octanol–water partition coefficient (Wildman–Crippen LogP) is 1.30. The minimum atomic E-state index is 0.146. The van der Waals surface area contributed by atoms with Gasteiger partial charge in [0.25, 0.3) is 0 Å². The van der Waals surface area contributed by atoms with Gasteiger partial charge < -0.3 is 14.7 Å². The maximum absolute atomic E-state index is 9.62. The Morgan fingerprint density at radius 1 is 1.13 bits per heavy atom. The van der Waals surface area contributed by atoms with Crippen LogP contribution in [0.25, 0.3) is 0 Å². The predicted molar refractivity (Wildman–Crippen MR) is 89.4 cm³/mol. The van der Waals surface area contributed by atoms with Crippen LogP contribution in [-0.4, -0.2) is 66.0 Å². The number of piperidine rings is 1. The lowest BCUT2D eigenvalue weighted by Gasteiger charge is -2.40. The highest BCUT2D eigenvalue weighted by Crippen LogP contribution is 2.34. The van der Waals surface area contributed by atoms with Gasteiger partial charge in [0, 0.05) is 44.2 Å². The highest BCUT2D eigenvalue weighted by molar-refractivity contribution is 5.30. The molecule has 0 saturated carbocycles. The fourth-order valence-corrected chi connectivity index (χ4v) is 3.42. The molecule has 2 aliphatic rings. The molecule has 1 aromatic rings. The van der Waals surface area contributed by atoms with Crippen molar-refractivity contribution in [3.8, 4) is 0 Å². The summed E-state index contributed by atoms with van der Waals surface area (Å²) >= 11 is 0. The van der Waals surface area contributed by atoms with Gasteiger partial charge in [-0.3, -0.25) is 4.90 Å². The van der Waals surface area contributed by atoms with Crippen LogP contribution in [0.3, 0.4) is 0 Å². The van der Waals surface area contributed by atoms with E-state index in [0.29, 0.717) is 6.61 Å². The summed E-state index contributed by atoms with van der Waals surface area (Å²) in [6.45, 7) is 8.72. The summed E-state index contributed by atoms with van der Waals surface area (Å²) in [5, 5.41) is 9.62. The Kier molecular flexibility index (Phi) is 5.46. The first-order valence-electron chi connectivity index (χ1n) is 8.71. The quantitative estimate of drug-likeness (QED) is 0.882. The third-order valence-electron chi connectivity index (χ3n) is 5.39. The van der Waals surface area contributed by atoms with Gasteiger partial charge in [-0.05, 0) is 37.8 Å². The monoisotopic (exact) mass is 320 g/mol. The minimum absolute atomic E-state index is 0.146. The van der Waals surface area contributed by atoms with Crippen molar-refractivity contribution in [2.45, 2.75) is 32.7 Å².